The Morgan fingerprint density at radius 1 is 1.18 bits per heavy atom. The third kappa shape index (κ3) is 7.50. The van der Waals surface area contributed by atoms with Crippen LogP contribution in [0.3, 0.4) is 0 Å². The first-order chi connectivity index (χ1) is 18.4. The topological polar surface area (TPSA) is 95.7 Å². The van der Waals surface area contributed by atoms with Gasteiger partial charge in [-0.1, -0.05) is 50.0 Å². The molecule has 0 saturated heterocycles. The number of amides is 1. The van der Waals surface area contributed by atoms with Crippen LogP contribution in [0.1, 0.15) is 93.9 Å². The SMILES string of the molecule is CC(C)(C)CCC(O)N(CCc1c(Cl)cccc1Cl)C(=O)c1cnn(C2CCC(C)(C(=O)O)CC2)c1C(F)(F)F. The Morgan fingerprint density at radius 2 is 1.75 bits per heavy atom. The Balaban J connectivity index is 1.96. The number of hydrogen-bond acceptors (Lipinski definition) is 4. The molecule has 12 heteroatoms. The standard InChI is InChI=1S/C28H36Cl2F3N3O4/c1-26(2,3)12-10-22(37)35(15-11-18-20(29)6-5-7-21(18)30)24(38)19-16-34-36(23(19)28(31,32)33)17-8-13-27(4,14-9-17)25(39)40/h5-7,16-17,22,37H,8-15H2,1-4H3,(H,39,40). The van der Waals surface area contributed by atoms with Crippen LogP contribution in [0.2, 0.25) is 10.0 Å². The fraction of sp³-hybridized carbons (Fsp3) is 0.607. The molecule has 0 radical (unpaired) electrons. The van der Waals surface area contributed by atoms with Crippen molar-refractivity contribution in [1.29, 1.82) is 0 Å². The summed E-state index contributed by atoms with van der Waals surface area (Å²) in [4.78, 5) is 26.4. The summed E-state index contributed by atoms with van der Waals surface area (Å²) in [5.41, 5.74) is -2.56. The lowest BCUT2D eigenvalue weighted by Gasteiger charge is -2.35. The number of halogens is 5. The lowest BCUT2D eigenvalue weighted by atomic mass is 9.74. The Hall–Kier alpha value is -2.30. The van der Waals surface area contributed by atoms with E-state index in [-0.39, 0.29) is 50.5 Å². The van der Waals surface area contributed by atoms with E-state index >= 15 is 0 Å². The summed E-state index contributed by atoms with van der Waals surface area (Å²) in [6, 6.07) is 4.18. The molecule has 1 fully saturated rings. The van der Waals surface area contributed by atoms with Gasteiger partial charge in [-0.2, -0.15) is 18.3 Å². The number of carbonyl (C=O) groups is 2. The van der Waals surface area contributed by atoms with E-state index in [4.69, 9.17) is 23.2 Å². The molecule has 1 heterocycles. The molecule has 1 aromatic heterocycles. The van der Waals surface area contributed by atoms with E-state index in [0.29, 0.717) is 22.0 Å². The van der Waals surface area contributed by atoms with Gasteiger partial charge in [0.2, 0.25) is 0 Å². The number of aliphatic hydroxyl groups is 1. The van der Waals surface area contributed by atoms with Gasteiger partial charge >= 0.3 is 12.1 Å². The van der Waals surface area contributed by atoms with Crippen molar-refractivity contribution >= 4 is 35.1 Å². The molecule has 2 aromatic rings. The van der Waals surface area contributed by atoms with Crippen LogP contribution in [0.25, 0.3) is 0 Å². The molecule has 3 rings (SSSR count). The minimum atomic E-state index is -4.91. The molecule has 1 aliphatic carbocycles. The summed E-state index contributed by atoms with van der Waals surface area (Å²) >= 11 is 12.5. The molecule has 0 bridgehead atoms. The average molecular weight is 607 g/mol. The van der Waals surface area contributed by atoms with E-state index in [0.717, 1.165) is 15.8 Å². The van der Waals surface area contributed by atoms with Gasteiger partial charge in [0.25, 0.3) is 5.91 Å². The quantitative estimate of drug-likeness (QED) is 0.294. The van der Waals surface area contributed by atoms with Crippen molar-refractivity contribution in [3.8, 4) is 0 Å². The van der Waals surface area contributed by atoms with Crippen LogP contribution >= 0.6 is 23.2 Å². The number of aliphatic carboxylic acids is 1. The van der Waals surface area contributed by atoms with Crippen LogP contribution in [-0.2, 0) is 17.4 Å². The molecule has 1 unspecified atom stereocenters. The third-order valence-corrected chi connectivity index (χ3v) is 8.36. The average Bonchev–Trinajstić information content (AvgIpc) is 3.30. The van der Waals surface area contributed by atoms with E-state index in [1.807, 2.05) is 20.8 Å². The fourth-order valence-corrected chi connectivity index (χ4v) is 5.62. The zero-order chi connectivity index (χ0) is 30.0. The van der Waals surface area contributed by atoms with Crippen molar-refractivity contribution in [1.82, 2.24) is 14.7 Å². The van der Waals surface area contributed by atoms with Crippen molar-refractivity contribution in [3.05, 3.63) is 51.3 Å². The highest BCUT2D eigenvalue weighted by molar-refractivity contribution is 6.36. The summed E-state index contributed by atoms with van der Waals surface area (Å²) in [5.74, 6) is -1.99. The number of benzene rings is 1. The second-order valence-corrected chi connectivity index (χ2v) is 12.8. The van der Waals surface area contributed by atoms with Gasteiger partial charge in [-0.3, -0.25) is 14.3 Å². The van der Waals surface area contributed by atoms with Crippen LogP contribution < -0.4 is 0 Å². The molecule has 222 valence electrons. The van der Waals surface area contributed by atoms with E-state index in [1.54, 1.807) is 25.1 Å². The third-order valence-electron chi connectivity index (χ3n) is 7.65. The number of carbonyl (C=O) groups excluding carboxylic acids is 1. The van der Waals surface area contributed by atoms with Crippen molar-refractivity contribution < 1.29 is 33.0 Å². The van der Waals surface area contributed by atoms with Crippen molar-refractivity contribution in [2.24, 2.45) is 10.8 Å². The largest absolute Gasteiger partial charge is 0.481 e. The Labute approximate surface area is 242 Å². The van der Waals surface area contributed by atoms with Crippen LogP contribution in [0.15, 0.2) is 24.4 Å². The fourth-order valence-electron chi connectivity index (χ4n) is 5.04. The van der Waals surface area contributed by atoms with E-state index < -0.39 is 47.0 Å². The zero-order valence-corrected chi connectivity index (χ0v) is 24.6. The Morgan fingerprint density at radius 3 is 2.25 bits per heavy atom. The van der Waals surface area contributed by atoms with Crippen LogP contribution in [-0.4, -0.2) is 49.5 Å². The number of alkyl halides is 3. The van der Waals surface area contributed by atoms with Gasteiger partial charge < -0.3 is 15.1 Å². The summed E-state index contributed by atoms with van der Waals surface area (Å²) in [6.07, 6.45) is -3.89. The maximum Gasteiger partial charge on any atom is 0.433 e. The molecule has 0 spiro atoms. The van der Waals surface area contributed by atoms with Gasteiger partial charge in [0.1, 0.15) is 6.23 Å². The highest BCUT2D eigenvalue weighted by Crippen LogP contribution is 2.43. The first kappa shape index (κ1) is 32.2. The summed E-state index contributed by atoms with van der Waals surface area (Å²) < 4.78 is 44.1. The van der Waals surface area contributed by atoms with E-state index in [1.165, 1.54) is 0 Å². The molecule has 1 amide bonds. The summed E-state index contributed by atoms with van der Waals surface area (Å²) in [5, 5.41) is 25.2. The number of hydrogen-bond donors (Lipinski definition) is 2. The Kier molecular flexibility index (Phi) is 9.90. The summed E-state index contributed by atoms with van der Waals surface area (Å²) in [6.45, 7) is 7.33. The number of carboxylic acids is 1. The zero-order valence-electron chi connectivity index (χ0n) is 23.1. The van der Waals surface area contributed by atoms with Crippen LogP contribution in [0.5, 0.6) is 0 Å². The van der Waals surface area contributed by atoms with Crippen molar-refractivity contribution in [3.63, 3.8) is 0 Å². The number of nitrogens with zero attached hydrogens (tertiary/aromatic N) is 3. The smallest absolute Gasteiger partial charge is 0.433 e. The van der Waals surface area contributed by atoms with Crippen LogP contribution in [0.4, 0.5) is 13.2 Å². The van der Waals surface area contributed by atoms with Gasteiger partial charge in [0.15, 0.2) is 5.69 Å². The highest BCUT2D eigenvalue weighted by Gasteiger charge is 2.45. The Bertz CT molecular complexity index is 1200. The molecule has 1 aliphatic rings. The molecule has 2 N–H and O–H groups in total. The van der Waals surface area contributed by atoms with Gasteiger partial charge in [0, 0.05) is 16.6 Å². The first-order valence-electron chi connectivity index (χ1n) is 13.2. The lowest BCUT2D eigenvalue weighted by Crippen LogP contribution is -2.43. The molecule has 0 aliphatic heterocycles. The summed E-state index contributed by atoms with van der Waals surface area (Å²) in [7, 11) is 0. The maximum atomic E-state index is 14.4. The van der Waals surface area contributed by atoms with Gasteiger partial charge in [0.05, 0.1) is 23.2 Å². The maximum absolute atomic E-state index is 14.4. The van der Waals surface area contributed by atoms with E-state index in [2.05, 4.69) is 5.10 Å². The predicted octanol–water partition coefficient (Wildman–Crippen LogP) is 7.24. The molecule has 7 nitrogen and oxygen atoms in total. The van der Waals surface area contributed by atoms with Gasteiger partial charge in [-0.15, -0.1) is 0 Å². The minimum absolute atomic E-state index is 0.114. The number of aromatic nitrogens is 2. The van der Waals surface area contributed by atoms with Crippen molar-refractivity contribution in [2.75, 3.05) is 6.54 Å². The van der Waals surface area contributed by atoms with Crippen molar-refractivity contribution in [2.45, 2.75) is 91.1 Å². The number of carboxylic acid groups (broad SMARTS) is 1. The number of aliphatic hydroxyl groups excluding tert-OH is 1. The predicted molar refractivity (Wildman–Crippen MR) is 146 cm³/mol. The second-order valence-electron chi connectivity index (χ2n) is 12.0. The van der Waals surface area contributed by atoms with Gasteiger partial charge in [-0.25, -0.2) is 0 Å². The molecular weight excluding hydrogens is 570 g/mol. The molecule has 1 aromatic carbocycles. The molecule has 40 heavy (non-hydrogen) atoms. The highest BCUT2D eigenvalue weighted by atomic mass is 35.5. The monoisotopic (exact) mass is 605 g/mol. The number of rotatable bonds is 9. The van der Waals surface area contributed by atoms with Gasteiger partial charge in [-0.05, 0) is 75.0 Å². The minimum Gasteiger partial charge on any atom is -0.481 e. The molecule has 1 atom stereocenters. The van der Waals surface area contributed by atoms with E-state index in [9.17, 15) is 33.0 Å². The lowest BCUT2D eigenvalue weighted by molar-refractivity contribution is -0.152. The first-order valence-corrected chi connectivity index (χ1v) is 14.0. The normalized spacial score (nSPS) is 20.8. The molecular formula is C28H36Cl2F3N3O4. The molecule has 1 saturated carbocycles. The van der Waals surface area contributed by atoms with Crippen LogP contribution in [0, 0.1) is 10.8 Å². The second kappa shape index (κ2) is 12.3.